The van der Waals surface area contributed by atoms with Crippen LogP contribution in [-0.4, -0.2) is 68.5 Å². The molecule has 1 amide bonds. The number of hydrogen-bond donors (Lipinski definition) is 2. The van der Waals surface area contributed by atoms with Crippen LogP contribution >= 0.6 is 7.82 Å². The Morgan fingerprint density at radius 3 is 0.861 bits per heavy atom. The Morgan fingerprint density at radius 1 is 0.392 bits per heavy atom. The summed E-state index contributed by atoms with van der Waals surface area (Å²) < 4.78 is 23.6. The number of phosphoric acid groups is 1. The van der Waals surface area contributed by atoms with Crippen LogP contribution in [0.5, 0.6) is 0 Å². The number of phosphoric ester groups is 1. The third-order valence-corrected chi connectivity index (χ3v) is 18.1. The Bertz CT molecular complexity index is 1250. The zero-order chi connectivity index (χ0) is 57.7. The van der Waals surface area contributed by atoms with Crippen LogP contribution in [0.2, 0.25) is 0 Å². The van der Waals surface area contributed by atoms with Crippen molar-refractivity contribution in [1.29, 1.82) is 0 Å². The predicted molar refractivity (Wildman–Crippen MR) is 344 cm³/mol. The number of hydrogen-bond acceptors (Lipinski definition) is 6. The molecule has 0 aliphatic rings. The summed E-state index contributed by atoms with van der Waals surface area (Å²) in [6, 6.07) is -0.797. The van der Waals surface area contributed by atoms with Crippen molar-refractivity contribution in [2.75, 3.05) is 40.9 Å². The first kappa shape index (κ1) is 78.5. The highest BCUT2D eigenvalue weighted by Crippen LogP contribution is 2.38. The lowest BCUT2D eigenvalue weighted by Crippen LogP contribution is -2.46. The van der Waals surface area contributed by atoms with Crippen molar-refractivity contribution in [3.63, 3.8) is 0 Å². The average Bonchev–Trinajstić information content (AvgIpc) is 3.42. The number of nitrogens with zero attached hydrogens (tertiary/aromatic N) is 1. The molecule has 8 nitrogen and oxygen atoms in total. The number of carbonyl (C=O) groups is 1. The molecule has 0 saturated heterocycles. The Hall–Kier alpha value is -0.500. The lowest BCUT2D eigenvalue weighted by Gasteiger charge is -2.30. The first-order valence-electron chi connectivity index (χ1n) is 35.9. The number of rotatable bonds is 68. The zero-order valence-electron chi connectivity index (χ0n) is 54.4. The summed E-state index contributed by atoms with van der Waals surface area (Å²) in [7, 11) is 1.33. The highest BCUT2D eigenvalue weighted by atomic mass is 31.2. The molecule has 3 atom stereocenters. The van der Waals surface area contributed by atoms with Gasteiger partial charge in [-0.05, 0) is 12.8 Å². The fourth-order valence-electron chi connectivity index (χ4n) is 11.5. The van der Waals surface area contributed by atoms with E-state index in [0.29, 0.717) is 23.9 Å². The van der Waals surface area contributed by atoms with Gasteiger partial charge in [-0.1, -0.05) is 373 Å². The normalized spacial score (nSPS) is 13.6. The Morgan fingerprint density at radius 2 is 0.620 bits per heavy atom. The van der Waals surface area contributed by atoms with Crippen molar-refractivity contribution in [3.8, 4) is 0 Å². The lowest BCUT2D eigenvalue weighted by atomic mass is 10.0. The van der Waals surface area contributed by atoms with Crippen molar-refractivity contribution in [2.45, 2.75) is 405 Å². The van der Waals surface area contributed by atoms with E-state index in [-0.39, 0.29) is 19.1 Å². The molecule has 0 heterocycles. The van der Waals surface area contributed by atoms with E-state index in [0.717, 1.165) is 38.5 Å². The smallest absolute Gasteiger partial charge is 0.268 e. The van der Waals surface area contributed by atoms with E-state index < -0.39 is 20.0 Å². The molecule has 3 unspecified atom stereocenters. The largest absolute Gasteiger partial charge is 0.756 e. The van der Waals surface area contributed by atoms with Gasteiger partial charge in [-0.2, -0.15) is 0 Å². The van der Waals surface area contributed by atoms with E-state index in [1.807, 2.05) is 21.1 Å². The first-order chi connectivity index (χ1) is 38.5. The second-order valence-corrected chi connectivity index (χ2v) is 27.7. The molecule has 0 aromatic heterocycles. The predicted octanol–water partition coefficient (Wildman–Crippen LogP) is 22.1. The van der Waals surface area contributed by atoms with Crippen LogP contribution in [0.4, 0.5) is 0 Å². The van der Waals surface area contributed by atoms with Gasteiger partial charge in [-0.15, -0.1) is 0 Å². The minimum Gasteiger partial charge on any atom is -0.756 e. The van der Waals surface area contributed by atoms with Crippen molar-refractivity contribution >= 4 is 13.7 Å². The van der Waals surface area contributed by atoms with Gasteiger partial charge in [0, 0.05) is 6.42 Å². The number of aliphatic hydroxyl groups excluding tert-OH is 1. The minimum atomic E-state index is -4.58. The average molecular weight is 1140 g/mol. The highest BCUT2D eigenvalue weighted by molar-refractivity contribution is 7.45. The molecule has 0 aliphatic carbocycles. The molecule has 474 valence electrons. The number of quaternary nitrogens is 1. The SMILES string of the molecule is CCCCCCCCCCCCCCCCCCCCCCCCCCCCCCCC(O)C(COP(=O)([O-])OCC[N+](C)(C)C)NC(=O)CCCCCCCCCCCCCCCCCCCCCCCCCCCCCC. The van der Waals surface area contributed by atoms with Crippen LogP contribution < -0.4 is 10.2 Å². The zero-order valence-corrected chi connectivity index (χ0v) is 55.3. The quantitative estimate of drug-likeness (QED) is 0.0357. The third-order valence-electron chi connectivity index (χ3n) is 17.1. The van der Waals surface area contributed by atoms with Gasteiger partial charge >= 0.3 is 0 Å². The number of unbranched alkanes of at least 4 members (excludes halogenated alkanes) is 55. The number of nitrogens with one attached hydrogen (secondary N) is 1. The second-order valence-electron chi connectivity index (χ2n) is 26.3. The topological polar surface area (TPSA) is 108 Å². The van der Waals surface area contributed by atoms with Crippen LogP contribution in [0.3, 0.4) is 0 Å². The molecule has 0 aliphatic heterocycles. The lowest BCUT2D eigenvalue weighted by molar-refractivity contribution is -0.870. The summed E-state index contributed by atoms with van der Waals surface area (Å²) in [5.41, 5.74) is 0. The van der Waals surface area contributed by atoms with Crippen LogP contribution in [0.15, 0.2) is 0 Å². The summed E-state index contributed by atoms with van der Waals surface area (Å²) in [5.74, 6) is -0.153. The highest BCUT2D eigenvalue weighted by Gasteiger charge is 2.24. The van der Waals surface area contributed by atoms with E-state index in [4.69, 9.17) is 9.05 Å². The minimum absolute atomic E-state index is 0.0170. The maximum atomic E-state index is 13.1. The Kier molecular flexibility index (Phi) is 61.7. The number of likely N-dealkylation sites (N-methyl/N-ethyl adjacent to an activating group) is 1. The molecule has 0 spiro atoms. The Labute approximate surface area is 495 Å². The number of amides is 1. The molecule has 0 aromatic carbocycles. The molecule has 0 saturated carbocycles. The van der Waals surface area contributed by atoms with Crippen molar-refractivity contribution in [3.05, 3.63) is 0 Å². The number of aliphatic hydroxyl groups is 1. The maximum absolute atomic E-state index is 13.1. The van der Waals surface area contributed by atoms with Crippen LogP contribution in [-0.2, 0) is 18.4 Å². The monoisotopic (exact) mass is 1140 g/mol. The Balaban J connectivity index is 3.97. The first-order valence-corrected chi connectivity index (χ1v) is 37.3. The summed E-state index contributed by atoms with van der Waals surface area (Å²) >= 11 is 0. The van der Waals surface area contributed by atoms with E-state index >= 15 is 0 Å². The number of carbonyl (C=O) groups excluding carboxylic acids is 1. The molecule has 0 radical (unpaired) electrons. The van der Waals surface area contributed by atoms with E-state index in [1.165, 1.54) is 327 Å². The van der Waals surface area contributed by atoms with E-state index in [9.17, 15) is 19.4 Å². The molecule has 9 heteroatoms. The van der Waals surface area contributed by atoms with Crippen molar-refractivity contribution in [2.24, 2.45) is 0 Å². The summed E-state index contributed by atoms with van der Waals surface area (Å²) in [6.07, 6.45) is 77.6. The molecule has 0 fully saturated rings. The van der Waals surface area contributed by atoms with Gasteiger partial charge in [0.2, 0.25) is 5.91 Å². The summed E-state index contributed by atoms with van der Waals surface area (Å²) in [4.78, 5) is 25.7. The van der Waals surface area contributed by atoms with Crippen LogP contribution in [0, 0.1) is 0 Å². The van der Waals surface area contributed by atoms with Crippen LogP contribution in [0.1, 0.15) is 393 Å². The molecule has 0 bridgehead atoms. The fourth-order valence-corrected chi connectivity index (χ4v) is 12.2. The summed E-state index contributed by atoms with van der Waals surface area (Å²) in [6.45, 7) is 4.80. The van der Waals surface area contributed by atoms with Gasteiger partial charge in [0.05, 0.1) is 39.9 Å². The standard InChI is InChI=1S/C70H143N2O6P/c1-6-8-10-12-14-16-18-20-22-24-26-28-30-32-34-36-37-39-41-43-45-47-49-51-53-55-57-59-61-63-69(73)68(67-78-79(75,76)77-66-65-72(3,4)5)71-70(74)64-62-60-58-56-54-52-50-48-46-44-42-40-38-35-33-31-29-27-25-23-21-19-17-15-13-11-9-7-2/h68-69,73H,6-67H2,1-5H3,(H-,71,74,75,76). The van der Waals surface area contributed by atoms with Gasteiger partial charge < -0.3 is 28.8 Å². The van der Waals surface area contributed by atoms with Gasteiger partial charge in [0.25, 0.3) is 7.82 Å². The van der Waals surface area contributed by atoms with Gasteiger partial charge in [0.1, 0.15) is 13.2 Å². The molecular formula is C70H143N2O6P. The van der Waals surface area contributed by atoms with Crippen LogP contribution in [0.25, 0.3) is 0 Å². The maximum Gasteiger partial charge on any atom is 0.268 e. The third kappa shape index (κ3) is 64.9. The van der Waals surface area contributed by atoms with Crippen molar-refractivity contribution < 1.29 is 32.9 Å². The molecule has 79 heavy (non-hydrogen) atoms. The molecule has 0 aromatic rings. The molecular weight excluding hydrogens is 996 g/mol. The van der Waals surface area contributed by atoms with Gasteiger partial charge in [-0.25, -0.2) is 0 Å². The fraction of sp³-hybridized carbons (Fsp3) is 0.986. The van der Waals surface area contributed by atoms with E-state index in [2.05, 4.69) is 19.2 Å². The van der Waals surface area contributed by atoms with E-state index in [1.54, 1.807) is 0 Å². The molecule has 2 N–H and O–H groups in total. The van der Waals surface area contributed by atoms with Gasteiger partial charge in [0.15, 0.2) is 0 Å². The van der Waals surface area contributed by atoms with Gasteiger partial charge in [-0.3, -0.25) is 9.36 Å². The molecule has 0 rings (SSSR count). The van der Waals surface area contributed by atoms with Crippen molar-refractivity contribution in [1.82, 2.24) is 5.32 Å². The summed E-state index contributed by atoms with van der Waals surface area (Å²) in [5, 5.41) is 14.1. The second kappa shape index (κ2) is 62.0.